The number of hydrogen-bond acceptors (Lipinski definition) is 0. The molecule has 0 bridgehead atoms. The summed E-state index contributed by atoms with van der Waals surface area (Å²) in [7, 11) is 0. The van der Waals surface area contributed by atoms with Gasteiger partial charge >= 0.3 is 0 Å². The van der Waals surface area contributed by atoms with Gasteiger partial charge in [-0.15, -0.1) is 6.58 Å². The Morgan fingerprint density at radius 2 is 1.92 bits per heavy atom. The Bertz CT molecular complexity index is 259. The van der Waals surface area contributed by atoms with Crippen LogP contribution in [0.2, 0.25) is 0 Å². The standard InChI is InChI=1S/C13H18/c1-4-12(10-11(2)3)13-8-6-5-7-9-13/h5-9,12H,2,4,10H2,1,3H3. The molecule has 1 aromatic rings. The molecule has 0 aliphatic rings. The first-order chi connectivity index (χ1) is 6.24. The predicted octanol–water partition coefficient (Wildman–Crippen LogP) is 4.15. The Hall–Kier alpha value is -1.04. The van der Waals surface area contributed by atoms with Crippen LogP contribution in [-0.2, 0) is 0 Å². The molecule has 0 fully saturated rings. The maximum Gasteiger partial charge on any atom is -0.0128 e. The summed E-state index contributed by atoms with van der Waals surface area (Å²) in [5.74, 6) is 0.652. The van der Waals surface area contributed by atoms with Crippen LogP contribution in [0.4, 0.5) is 0 Å². The van der Waals surface area contributed by atoms with Crippen molar-refractivity contribution in [3.63, 3.8) is 0 Å². The van der Waals surface area contributed by atoms with Crippen molar-refractivity contribution in [2.24, 2.45) is 0 Å². The Labute approximate surface area is 81.3 Å². The normalized spacial score (nSPS) is 12.5. The fraction of sp³-hybridized carbons (Fsp3) is 0.385. The van der Waals surface area contributed by atoms with Crippen molar-refractivity contribution in [3.05, 3.63) is 48.0 Å². The number of hydrogen-bond donors (Lipinski definition) is 0. The summed E-state index contributed by atoms with van der Waals surface area (Å²) < 4.78 is 0. The zero-order valence-corrected chi connectivity index (χ0v) is 8.59. The van der Waals surface area contributed by atoms with Crippen molar-refractivity contribution in [1.29, 1.82) is 0 Å². The van der Waals surface area contributed by atoms with Gasteiger partial charge in [0.05, 0.1) is 0 Å². The maximum atomic E-state index is 3.97. The average molecular weight is 174 g/mol. The first-order valence-corrected chi connectivity index (χ1v) is 4.93. The number of rotatable bonds is 4. The highest BCUT2D eigenvalue weighted by molar-refractivity contribution is 5.20. The van der Waals surface area contributed by atoms with E-state index in [9.17, 15) is 0 Å². The summed E-state index contributed by atoms with van der Waals surface area (Å²) in [5, 5.41) is 0. The lowest BCUT2D eigenvalue weighted by molar-refractivity contribution is 0.657. The van der Waals surface area contributed by atoms with Crippen molar-refractivity contribution in [1.82, 2.24) is 0 Å². The minimum Gasteiger partial charge on any atom is -0.100 e. The molecule has 0 N–H and O–H groups in total. The average Bonchev–Trinajstić information content (AvgIpc) is 2.15. The van der Waals surface area contributed by atoms with Crippen LogP contribution in [0.5, 0.6) is 0 Å². The van der Waals surface area contributed by atoms with Crippen molar-refractivity contribution < 1.29 is 0 Å². The molecule has 1 aromatic carbocycles. The van der Waals surface area contributed by atoms with Gasteiger partial charge < -0.3 is 0 Å². The van der Waals surface area contributed by atoms with Crippen LogP contribution in [0.1, 0.15) is 38.2 Å². The molecule has 1 atom stereocenters. The summed E-state index contributed by atoms with van der Waals surface area (Å²) in [4.78, 5) is 0. The van der Waals surface area contributed by atoms with E-state index in [2.05, 4.69) is 50.8 Å². The topological polar surface area (TPSA) is 0 Å². The molecule has 0 saturated heterocycles. The van der Waals surface area contributed by atoms with Gasteiger partial charge in [-0.3, -0.25) is 0 Å². The third-order valence-corrected chi connectivity index (χ3v) is 2.36. The highest BCUT2D eigenvalue weighted by Crippen LogP contribution is 2.25. The highest BCUT2D eigenvalue weighted by Gasteiger charge is 2.07. The second-order valence-electron chi connectivity index (χ2n) is 3.68. The molecule has 70 valence electrons. The van der Waals surface area contributed by atoms with E-state index in [0.717, 1.165) is 6.42 Å². The summed E-state index contributed by atoms with van der Waals surface area (Å²) >= 11 is 0. The lowest BCUT2D eigenvalue weighted by Gasteiger charge is -2.14. The first-order valence-electron chi connectivity index (χ1n) is 4.93. The fourth-order valence-electron chi connectivity index (χ4n) is 1.64. The molecule has 0 aromatic heterocycles. The fourth-order valence-corrected chi connectivity index (χ4v) is 1.64. The lowest BCUT2D eigenvalue weighted by atomic mass is 9.91. The minimum absolute atomic E-state index is 0.652. The molecule has 0 aliphatic carbocycles. The van der Waals surface area contributed by atoms with E-state index in [1.54, 1.807) is 0 Å². The van der Waals surface area contributed by atoms with E-state index in [0.29, 0.717) is 5.92 Å². The molecule has 0 nitrogen and oxygen atoms in total. The second-order valence-corrected chi connectivity index (χ2v) is 3.68. The van der Waals surface area contributed by atoms with E-state index < -0.39 is 0 Å². The van der Waals surface area contributed by atoms with Crippen molar-refractivity contribution in [2.75, 3.05) is 0 Å². The van der Waals surface area contributed by atoms with Gasteiger partial charge in [-0.25, -0.2) is 0 Å². The number of allylic oxidation sites excluding steroid dienone is 1. The quantitative estimate of drug-likeness (QED) is 0.602. The number of benzene rings is 1. The van der Waals surface area contributed by atoms with Crippen LogP contribution >= 0.6 is 0 Å². The molecule has 0 spiro atoms. The third kappa shape index (κ3) is 3.06. The molecule has 1 unspecified atom stereocenters. The van der Waals surface area contributed by atoms with Gasteiger partial charge in [-0.05, 0) is 31.2 Å². The van der Waals surface area contributed by atoms with Gasteiger partial charge in [0, 0.05) is 0 Å². The van der Waals surface area contributed by atoms with Crippen LogP contribution in [0.25, 0.3) is 0 Å². The highest BCUT2D eigenvalue weighted by atomic mass is 14.1. The van der Waals surface area contributed by atoms with E-state index in [1.165, 1.54) is 17.6 Å². The van der Waals surface area contributed by atoms with Gasteiger partial charge in [0.25, 0.3) is 0 Å². The lowest BCUT2D eigenvalue weighted by Crippen LogP contribution is -1.97. The van der Waals surface area contributed by atoms with E-state index in [-0.39, 0.29) is 0 Å². The minimum atomic E-state index is 0.652. The molecular weight excluding hydrogens is 156 g/mol. The molecule has 0 aliphatic heterocycles. The van der Waals surface area contributed by atoms with Gasteiger partial charge in [0.2, 0.25) is 0 Å². The van der Waals surface area contributed by atoms with Crippen LogP contribution < -0.4 is 0 Å². The molecule has 13 heavy (non-hydrogen) atoms. The zero-order chi connectivity index (χ0) is 9.68. The van der Waals surface area contributed by atoms with E-state index in [1.807, 2.05) is 0 Å². The SMILES string of the molecule is C=C(C)CC(CC)c1ccccc1. The van der Waals surface area contributed by atoms with E-state index >= 15 is 0 Å². The van der Waals surface area contributed by atoms with Crippen LogP contribution in [0, 0.1) is 0 Å². The first kappa shape index (κ1) is 10.0. The van der Waals surface area contributed by atoms with Gasteiger partial charge in [-0.1, -0.05) is 42.8 Å². The monoisotopic (exact) mass is 174 g/mol. The Morgan fingerprint density at radius 3 is 2.38 bits per heavy atom. The Morgan fingerprint density at radius 1 is 1.31 bits per heavy atom. The predicted molar refractivity (Wildman–Crippen MR) is 58.9 cm³/mol. The van der Waals surface area contributed by atoms with Gasteiger partial charge in [0.1, 0.15) is 0 Å². The summed E-state index contributed by atoms with van der Waals surface area (Å²) in [6, 6.07) is 10.7. The summed E-state index contributed by atoms with van der Waals surface area (Å²) in [6.07, 6.45) is 2.30. The van der Waals surface area contributed by atoms with Crippen molar-refractivity contribution >= 4 is 0 Å². The van der Waals surface area contributed by atoms with Crippen molar-refractivity contribution in [3.8, 4) is 0 Å². The Balaban J connectivity index is 2.73. The summed E-state index contributed by atoms with van der Waals surface area (Å²) in [6.45, 7) is 8.31. The molecule has 0 heteroatoms. The largest absolute Gasteiger partial charge is 0.100 e. The third-order valence-electron chi connectivity index (χ3n) is 2.36. The molecular formula is C13H18. The zero-order valence-electron chi connectivity index (χ0n) is 8.59. The van der Waals surface area contributed by atoms with E-state index in [4.69, 9.17) is 0 Å². The molecule has 0 radical (unpaired) electrons. The van der Waals surface area contributed by atoms with Gasteiger partial charge in [-0.2, -0.15) is 0 Å². The van der Waals surface area contributed by atoms with Crippen LogP contribution in [0.15, 0.2) is 42.5 Å². The Kier molecular flexibility index (Phi) is 3.75. The smallest absolute Gasteiger partial charge is 0.0128 e. The van der Waals surface area contributed by atoms with Gasteiger partial charge in [0.15, 0.2) is 0 Å². The molecule has 0 amide bonds. The molecule has 1 rings (SSSR count). The maximum absolute atomic E-state index is 3.97. The second kappa shape index (κ2) is 4.86. The molecule has 0 saturated carbocycles. The molecule has 0 heterocycles. The van der Waals surface area contributed by atoms with Crippen LogP contribution in [0.3, 0.4) is 0 Å². The van der Waals surface area contributed by atoms with Crippen molar-refractivity contribution in [2.45, 2.75) is 32.6 Å². The summed E-state index contributed by atoms with van der Waals surface area (Å²) in [5.41, 5.74) is 2.71. The van der Waals surface area contributed by atoms with Crippen LogP contribution in [-0.4, -0.2) is 0 Å².